The van der Waals surface area contributed by atoms with Crippen LogP contribution in [-0.4, -0.2) is 68.2 Å². The number of fused-ring (bicyclic) bond motifs is 1. The van der Waals surface area contributed by atoms with Crippen LogP contribution in [0.2, 0.25) is 0 Å². The highest BCUT2D eigenvalue weighted by Crippen LogP contribution is 2.39. The molecule has 39 heavy (non-hydrogen) atoms. The van der Waals surface area contributed by atoms with Gasteiger partial charge in [-0.2, -0.15) is 5.10 Å². The van der Waals surface area contributed by atoms with Gasteiger partial charge in [0, 0.05) is 51.5 Å². The van der Waals surface area contributed by atoms with Crippen LogP contribution < -0.4 is 4.74 Å². The Balaban J connectivity index is 1.26. The fourth-order valence-corrected chi connectivity index (χ4v) is 6.24. The molecule has 1 aromatic carbocycles. The lowest BCUT2D eigenvalue weighted by Gasteiger charge is -2.45. The molecule has 0 unspecified atom stereocenters. The average Bonchev–Trinajstić information content (AvgIpc) is 3.27. The number of nitrogens with zero attached hydrogens (tertiary/aromatic N) is 6. The van der Waals surface area contributed by atoms with Crippen molar-refractivity contribution < 1.29 is 9.53 Å². The largest absolute Gasteiger partial charge is 0.492 e. The van der Waals surface area contributed by atoms with E-state index in [9.17, 15) is 4.79 Å². The number of hydrogen-bond acceptors (Lipinski definition) is 6. The second kappa shape index (κ2) is 12.7. The molecular formula is C31H42N6O2. The van der Waals surface area contributed by atoms with Crippen molar-refractivity contribution in [1.82, 2.24) is 29.5 Å². The van der Waals surface area contributed by atoms with E-state index in [2.05, 4.69) is 61.3 Å². The molecular weight excluding hydrogens is 488 g/mol. The van der Waals surface area contributed by atoms with Gasteiger partial charge in [-0.15, -0.1) is 0 Å². The number of carbonyl (C=O) groups excluding carboxylic acids is 1. The third kappa shape index (κ3) is 7.24. The number of aromatic nitrogens is 4. The number of amides is 1. The van der Waals surface area contributed by atoms with Crippen LogP contribution in [0.5, 0.6) is 5.75 Å². The summed E-state index contributed by atoms with van der Waals surface area (Å²) < 4.78 is 8.16. The van der Waals surface area contributed by atoms with Crippen molar-refractivity contribution >= 4 is 5.91 Å². The molecule has 0 radical (unpaired) electrons. The first-order valence-electron chi connectivity index (χ1n) is 14.5. The molecule has 1 fully saturated rings. The van der Waals surface area contributed by atoms with Gasteiger partial charge in [-0.25, -0.2) is 9.67 Å². The van der Waals surface area contributed by atoms with Gasteiger partial charge in [0.1, 0.15) is 24.0 Å². The van der Waals surface area contributed by atoms with Crippen molar-refractivity contribution in [2.24, 2.45) is 5.41 Å². The molecule has 2 aromatic heterocycles. The minimum absolute atomic E-state index is 0.210. The Morgan fingerprint density at radius 3 is 2.56 bits per heavy atom. The van der Waals surface area contributed by atoms with E-state index in [-0.39, 0.29) is 11.3 Å². The normalized spacial score (nSPS) is 18.6. The summed E-state index contributed by atoms with van der Waals surface area (Å²) in [7, 11) is 0. The molecule has 4 heterocycles. The van der Waals surface area contributed by atoms with Gasteiger partial charge in [-0.05, 0) is 80.7 Å². The zero-order valence-electron chi connectivity index (χ0n) is 23.5. The smallest absolute Gasteiger partial charge is 0.224 e. The standard InChI is InChI=1S/C31H42N6O2/c1-25-33-26(2)37(34-25)18-12-30(38)36-19-14-31(15-20-36)13-6-5-8-28-7-3-4-9-29(28)39-22-21-35(24-31)23-27-10-16-32-17-11-27/h3-4,7,9-11,16-17H,5-6,8,12-15,18-24H2,1-2H3. The predicted molar refractivity (Wildman–Crippen MR) is 151 cm³/mol. The van der Waals surface area contributed by atoms with Gasteiger partial charge in [0.25, 0.3) is 0 Å². The summed E-state index contributed by atoms with van der Waals surface area (Å²) in [5.41, 5.74) is 2.80. The van der Waals surface area contributed by atoms with Crippen LogP contribution in [0, 0.1) is 19.3 Å². The van der Waals surface area contributed by atoms with Gasteiger partial charge in [-0.1, -0.05) is 24.6 Å². The maximum Gasteiger partial charge on any atom is 0.224 e. The molecule has 2 aliphatic rings. The van der Waals surface area contributed by atoms with E-state index in [0.717, 1.165) is 75.8 Å². The topological polar surface area (TPSA) is 76.4 Å². The lowest BCUT2D eigenvalue weighted by Crippen LogP contribution is -2.48. The minimum atomic E-state index is 0.210. The summed E-state index contributed by atoms with van der Waals surface area (Å²) in [5.74, 6) is 2.88. The quantitative estimate of drug-likeness (QED) is 0.480. The Bertz CT molecular complexity index is 1220. The number of ether oxygens (including phenoxy) is 1. The van der Waals surface area contributed by atoms with Crippen molar-refractivity contribution in [3.05, 3.63) is 71.6 Å². The SMILES string of the molecule is Cc1nc(C)n(CCC(=O)N2CCC3(CCCCc4ccccc4OCCN(Cc4ccncc4)C3)CC2)n1. The van der Waals surface area contributed by atoms with Crippen LogP contribution in [0.3, 0.4) is 0 Å². The van der Waals surface area contributed by atoms with E-state index < -0.39 is 0 Å². The molecule has 3 aromatic rings. The van der Waals surface area contributed by atoms with Crippen LogP contribution in [0.1, 0.15) is 61.3 Å². The molecule has 0 N–H and O–H groups in total. The number of aryl methyl sites for hydroxylation is 4. The van der Waals surface area contributed by atoms with Gasteiger partial charge in [-0.3, -0.25) is 14.7 Å². The highest BCUT2D eigenvalue weighted by molar-refractivity contribution is 5.76. The lowest BCUT2D eigenvalue weighted by atomic mass is 9.73. The van der Waals surface area contributed by atoms with E-state index in [0.29, 0.717) is 19.6 Å². The molecule has 0 bridgehead atoms. The van der Waals surface area contributed by atoms with Gasteiger partial charge in [0.2, 0.25) is 5.91 Å². The number of piperidine rings is 1. The molecule has 0 aliphatic carbocycles. The van der Waals surface area contributed by atoms with Crippen molar-refractivity contribution in [2.75, 3.05) is 32.8 Å². The number of para-hydroxylation sites is 1. The summed E-state index contributed by atoms with van der Waals surface area (Å²) in [5, 5.41) is 4.42. The first-order valence-corrected chi connectivity index (χ1v) is 14.5. The molecule has 208 valence electrons. The van der Waals surface area contributed by atoms with Crippen molar-refractivity contribution in [1.29, 1.82) is 0 Å². The summed E-state index contributed by atoms with van der Waals surface area (Å²) in [6.07, 6.45) is 10.9. The predicted octanol–water partition coefficient (Wildman–Crippen LogP) is 4.60. The highest BCUT2D eigenvalue weighted by atomic mass is 16.5. The summed E-state index contributed by atoms with van der Waals surface area (Å²) in [4.78, 5) is 26.3. The second-order valence-electron chi connectivity index (χ2n) is 11.3. The zero-order chi connectivity index (χ0) is 27.1. The third-order valence-corrected chi connectivity index (χ3v) is 8.43. The van der Waals surface area contributed by atoms with Gasteiger partial charge in [0.15, 0.2) is 0 Å². The van der Waals surface area contributed by atoms with E-state index in [1.54, 1.807) is 0 Å². The number of pyridine rings is 1. The Hall–Kier alpha value is -3.26. The molecule has 5 rings (SSSR count). The molecule has 0 saturated carbocycles. The van der Waals surface area contributed by atoms with Crippen LogP contribution in [0.15, 0.2) is 48.8 Å². The monoisotopic (exact) mass is 530 g/mol. The van der Waals surface area contributed by atoms with Crippen molar-refractivity contribution in [2.45, 2.75) is 71.9 Å². The number of benzene rings is 1. The Labute approximate surface area is 232 Å². The first kappa shape index (κ1) is 27.3. The van der Waals surface area contributed by atoms with Crippen LogP contribution in [-0.2, 0) is 24.3 Å². The number of rotatable bonds is 5. The average molecular weight is 531 g/mol. The van der Waals surface area contributed by atoms with Crippen molar-refractivity contribution in [3.8, 4) is 5.75 Å². The number of likely N-dealkylation sites (tertiary alicyclic amines) is 1. The number of carbonyl (C=O) groups is 1. The Morgan fingerprint density at radius 1 is 1.00 bits per heavy atom. The lowest BCUT2D eigenvalue weighted by molar-refractivity contribution is -0.134. The molecule has 1 saturated heterocycles. The highest BCUT2D eigenvalue weighted by Gasteiger charge is 2.37. The summed E-state index contributed by atoms with van der Waals surface area (Å²) >= 11 is 0. The van der Waals surface area contributed by atoms with E-state index in [1.807, 2.05) is 30.9 Å². The molecule has 8 heteroatoms. The minimum Gasteiger partial charge on any atom is -0.492 e. The van der Waals surface area contributed by atoms with Crippen LogP contribution >= 0.6 is 0 Å². The molecule has 1 amide bonds. The number of hydrogen-bond donors (Lipinski definition) is 0. The van der Waals surface area contributed by atoms with Gasteiger partial charge >= 0.3 is 0 Å². The molecule has 1 spiro atoms. The van der Waals surface area contributed by atoms with Crippen LogP contribution in [0.4, 0.5) is 0 Å². The third-order valence-electron chi connectivity index (χ3n) is 8.43. The maximum absolute atomic E-state index is 13.1. The maximum atomic E-state index is 13.1. The van der Waals surface area contributed by atoms with E-state index in [1.165, 1.54) is 24.0 Å². The summed E-state index contributed by atoms with van der Waals surface area (Å²) in [6, 6.07) is 12.7. The van der Waals surface area contributed by atoms with Crippen LogP contribution in [0.25, 0.3) is 0 Å². The second-order valence-corrected chi connectivity index (χ2v) is 11.3. The Kier molecular flexibility index (Phi) is 8.91. The fourth-order valence-electron chi connectivity index (χ4n) is 6.24. The Morgan fingerprint density at radius 2 is 1.79 bits per heavy atom. The first-order chi connectivity index (χ1) is 19.0. The molecule has 0 atom stereocenters. The van der Waals surface area contributed by atoms with Crippen molar-refractivity contribution in [3.63, 3.8) is 0 Å². The molecule has 2 aliphatic heterocycles. The van der Waals surface area contributed by atoms with Gasteiger partial charge in [0.05, 0.1) is 6.54 Å². The zero-order valence-corrected chi connectivity index (χ0v) is 23.5. The van der Waals surface area contributed by atoms with Gasteiger partial charge < -0.3 is 9.64 Å². The van der Waals surface area contributed by atoms with E-state index in [4.69, 9.17) is 4.74 Å². The fraction of sp³-hybridized carbons (Fsp3) is 0.548. The van der Waals surface area contributed by atoms with E-state index >= 15 is 0 Å². The summed E-state index contributed by atoms with van der Waals surface area (Å²) in [6.45, 7) is 9.54. The molecule has 8 nitrogen and oxygen atoms in total.